The summed E-state index contributed by atoms with van der Waals surface area (Å²) in [4.78, 5) is -0.742. The van der Waals surface area contributed by atoms with E-state index >= 15 is 0 Å². The van der Waals surface area contributed by atoms with Crippen LogP contribution in [-0.2, 0) is 10.0 Å². The molecule has 0 aromatic heterocycles. The summed E-state index contributed by atoms with van der Waals surface area (Å²) >= 11 is 5.77. The lowest BCUT2D eigenvalue weighted by molar-refractivity contribution is 0.538. The molecule has 21 heavy (non-hydrogen) atoms. The van der Waals surface area contributed by atoms with Crippen LogP contribution in [0.4, 0.5) is 8.78 Å². The van der Waals surface area contributed by atoms with Crippen molar-refractivity contribution in [3.05, 3.63) is 65.7 Å². The molecule has 0 fully saturated rings. The van der Waals surface area contributed by atoms with Crippen LogP contribution in [-0.4, -0.2) is 14.3 Å². The van der Waals surface area contributed by atoms with Crippen LogP contribution in [0.15, 0.2) is 53.4 Å². The minimum Gasteiger partial charge on any atom is -0.207 e. The number of nitrogens with one attached hydrogen (secondary N) is 1. The van der Waals surface area contributed by atoms with Crippen LogP contribution < -0.4 is 4.72 Å². The van der Waals surface area contributed by atoms with Gasteiger partial charge in [-0.1, -0.05) is 30.3 Å². The van der Waals surface area contributed by atoms with Crippen molar-refractivity contribution in [2.24, 2.45) is 0 Å². The van der Waals surface area contributed by atoms with Gasteiger partial charge in [0.05, 0.1) is 6.04 Å². The van der Waals surface area contributed by atoms with Crippen LogP contribution in [0.3, 0.4) is 0 Å². The van der Waals surface area contributed by atoms with Crippen molar-refractivity contribution in [1.82, 2.24) is 4.72 Å². The van der Waals surface area contributed by atoms with Gasteiger partial charge in [0.15, 0.2) is 0 Å². The molecular formula is C14H12ClF2NO2S. The summed E-state index contributed by atoms with van der Waals surface area (Å²) in [6.45, 7) is 0. The second-order valence-corrected chi connectivity index (χ2v) is 6.30. The lowest BCUT2D eigenvalue weighted by Crippen LogP contribution is -2.30. The summed E-state index contributed by atoms with van der Waals surface area (Å²) in [5.74, 6) is -1.90. The molecule has 3 nitrogen and oxygen atoms in total. The largest absolute Gasteiger partial charge is 0.244 e. The molecule has 2 aromatic carbocycles. The molecule has 0 amide bonds. The number of hydrogen-bond donors (Lipinski definition) is 1. The molecule has 1 atom stereocenters. The molecule has 0 radical (unpaired) electrons. The van der Waals surface area contributed by atoms with Gasteiger partial charge in [-0.15, -0.1) is 11.6 Å². The van der Waals surface area contributed by atoms with E-state index in [1.54, 1.807) is 30.3 Å². The molecule has 0 saturated carbocycles. The highest BCUT2D eigenvalue weighted by Gasteiger charge is 2.24. The Kier molecular flexibility index (Phi) is 4.92. The van der Waals surface area contributed by atoms with E-state index in [4.69, 9.17) is 11.6 Å². The third-order valence-corrected chi connectivity index (χ3v) is 4.63. The molecular weight excluding hydrogens is 320 g/mol. The van der Waals surface area contributed by atoms with Crippen LogP contribution in [0.5, 0.6) is 0 Å². The molecule has 2 rings (SSSR count). The summed E-state index contributed by atoms with van der Waals surface area (Å²) < 4.78 is 53.4. The lowest BCUT2D eigenvalue weighted by Gasteiger charge is -2.17. The lowest BCUT2D eigenvalue weighted by atomic mass is 10.1. The minimum atomic E-state index is -4.22. The molecule has 0 aliphatic carbocycles. The SMILES string of the molecule is O=S(=O)(NC(CCl)c1ccccc1)c1cc(F)ccc1F. The van der Waals surface area contributed by atoms with Crippen LogP contribution >= 0.6 is 11.6 Å². The topological polar surface area (TPSA) is 46.2 Å². The molecule has 1 N–H and O–H groups in total. The van der Waals surface area contributed by atoms with Crippen molar-refractivity contribution in [1.29, 1.82) is 0 Å². The fraction of sp³-hybridized carbons (Fsp3) is 0.143. The van der Waals surface area contributed by atoms with E-state index < -0.39 is 32.6 Å². The molecule has 7 heteroatoms. The summed E-state index contributed by atoms with van der Waals surface area (Å²) in [6.07, 6.45) is 0. The fourth-order valence-corrected chi connectivity index (χ4v) is 3.47. The Hall–Kier alpha value is -1.50. The van der Waals surface area contributed by atoms with Gasteiger partial charge in [0.25, 0.3) is 0 Å². The van der Waals surface area contributed by atoms with Crippen molar-refractivity contribution < 1.29 is 17.2 Å². The molecule has 0 spiro atoms. The van der Waals surface area contributed by atoms with Crippen molar-refractivity contribution in [3.63, 3.8) is 0 Å². The average molecular weight is 332 g/mol. The molecule has 0 saturated heterocycles. The molecule has 0 aliphatic heterocycles. The van der Waals surface area contributed by atoms with E-state index in [2.05, 4.69) is 4.72 Å². The van der Waals surface area contributed by atoms with Gasteiger partial charge in [0.1, 0.15) is 16.5 Å². The van der Waals surface area contributed by atoms with Crippen LogP contribution in [0.25, 0.3) is 0 Å². The van der Waals surface area contributed by atoms with E-state index in [1.807, 2.05) is 0 Å². The standard InChI is InChI=1S/C14H12ClF2NO2S/c15-9-13(10-4-2-1-3-5-10)18-21(19,20)14-8-11(16)6-7-12(14)17/h1-8,13,18H,9H2. The first-order chi connectivity index (χ1) is 9.94. The van der Waals surface area contributed by atoms with E-state index in [-0.39, 0.29) is 5.88 Å². The molecule has 2 aromatic rings. The zero-order valence-electron chi connectivity index (χ0n) is 10.8. The Morgan fingerprint density at radius 3 is 2.38 bits per heavy atom. The molecule has 0 aliphatic rings. The monoisotopic (exact) mass is 331 g/mol. The number of sulfonamides is 1. The highest BCUT2D eigenvalue weighted by molar-refractivity contribution is 7.89. The Balaban J connectivity index is 2.34. The number of hydrogen-bond acceptors (Lipinski definition) is 2. The first-order valence-electron chi connectivity index (χ1n) is 6.02. The minimum absolute atomic E-state index is 0.0415. The van der Waals surface area contributed by atoms with Crippen LogP contribution in [0, 0.1) is 11.6 Å². The smallest absolute Gasteiger partial charge is 0.207 e. The van der Waals surface area contributed by atoms with Crippen molar-refractivity contribution in [2.75, 3.05) is 5.88 Å². The number of rotatable bonds is 5. The van der Waals surface area contributed by atoms with Crippen LogP contribution in [0.1, 0.15) is 11.6 Å². The first-order valence-corrected chi connectivity index (χ1v) is 8.04. The molecule has 1 unspecified atom stereocenters. The second kappa shape index (κ2) is 6.51. The summed E-state index contributed by atoms with van der Waals surface area (Å²) in [5, 5.41) is 0. The van der Waals surface area contributed by atoms with Gasteiger partial charge in [-0.05, 0) is 23.8 Å². The summed E-state index contributed by atoms with van der Waals surface area (Å²) in [5.41, 5.74) is 0.632. The van der Waals surface area contributed by atoms with Crippen molar-refractivity contribution in [2.45, 2.75) is 10.9 Å². The maximum absolute atomic E-state index is 13.6. The Labute approximate surface area is 126 Å². The predicted octanol–water partition coefficient (Wildman–Crippen LogP) is 3.22. The maximum atomic E-state index is 13.6. The zero-order chi connectivity index (χ0) is 15.5. The third-order valence-electron chi connectivity index (χ3n) is 2.84. The van der Waals surface area contributed by atoms with Gasteiger partial charge >= 0.3 is 0 Å². The summed E-state index contributed by atoms with van der Waals surface area (Å²) in [6, 6.07) is 10.1. The summed E-state index contributed by atoms with van der Waals surface area (Å²) in [7, 11) is -4.22. The Morgan fingerprint density at radius 2 is 1.76 bits per heavy atom. The van der Waals surface area contributed by atoms with E-state index in [0.717, 1.165) is 12.1 Å². The van der Waals surface area contributed by atoms with E-state index in [9.17, 15) is 17.2 Å². The predicted molar refractivity (Wildman–Crippen MR) is 76.6 cm³/mol. The zero-order valence-corrected chi connectivity index (χ0v) is 12.3. The Morgan fingerprint density at radius 1 is 1.10 bits per heavy atom. The van der Waals surface area contributed by atoms with E-state index in [0.29, 0.717) is 11.6 Å². The normalized spacial score (nSPS) is 13.1. The Bertz CT molecular complexity index is 723. The van der Waals surface area contributed by atoms with Gasteiger partial charge in [-0.25, -0.2) is 21.9 Å². The molecule has 0 bridgehead atoms. The van der Waals surface area contributed by atoms with Gasteiger partial charge in [0, 0.05) is 5.88 Å². The number of halogens is 3. The van der Waals surface area contributed by atoms with Crippen molar-refractivity contribution in [3.8, 4) is 0 Å². The average Bonchev–Trinajstić information content (AvgIpc) is 2.48. The van der Waals surface area contributed by atoms with Gasteiger partial charge in [-0.3, -0.25) is 0 Å². The van der Waals surface area contributed by atoms with Gasteiger partial charge < -0.3 is 0 Å². The highest BCUT2D eigenvalue weighted by Crippen LogP contribution is 2.21. The third kappa shape index (κ3) is 3.78. The molecule has 112 valence electrons. The maximum Gasteiger partial charge on any atom is 0.244 e. The number of alkyl halides is 1. The quantitative estimate of drug-likeness (QED) is 0.855. The van der Waals surface area contributed by atoms with Crippen molar-refractivity contribution >= 4 is 21.6 Å². The molecule has 0 heterocycles. The van der Waals surface area contributed by atoms with E-state index in [1.165, 1.54) is 0 Å². The van der Waals surface area contributed by atoms with Gasteiger partial charge in [0.2, 0.25) is 10.0 Å². The van der Waals surface area contributed by atoms with Gasteiger partial charge in [-0.2, -0.15) is 0 Å². The first kappa shape index (κ1) is 15.9. The fourth-order valence-electron chi connectivity index (χ4n) is 1.81. The second-order valence-electron chi connectivity index (χ2n) is 4.31. The highest BCUT2D eigenvalue weighted by atomic mass is 35.5. The number of benzene rings is 2. The van der Waals surface area contributed by atoms with Crippen LogP contribution in [0.2, 0.25) is 0 Å².